The summed E-state index contributed by atoms with van der Waals surface area (Å²) in [5.41, 5.74) is 0. The van der Waals surface area contributed by atoms with Gasteiger partial charge in [-0.2, -0.15) is 0 Å². The standard InChI is InChI=1S/C13H14BrClN2/c14-9-4-8(15)5-16-13(9)17-12-10-6-1-2-7(3-6)11(10)12/h4-7,10-12H,1-3H2,(H,16,17). The lowest BCUT2D eigenvalue weighted by atomic mass is 10.0. The van der Waals surface area contributed by atoms with Gasteiger partial charge < -0.3 is 5.32 Å². The zero-order valence-corrected chi connectivity index (χ0v) is 11.7. The van der Waals surface area contributed by atoms with Crippen molar-refractivity contribution in [1.29, 1.82) is 0 Å². The smallest absolute Gasteiger partial charge is 0.140 e. The first-order valence-electron chi connectivity index (χ1n) is 6.31. The Hall–Kier alpha value is -0.280. The van der Waals surface area contributed by atoms with Crippen molar-refractivity contribution in [3.63, 3.8) is 0 Å². The van der Waals surface area contributed by atoms with E-state index < -0.39 is 0 Å². The van der Waals surface area contributed by atoms with Crippen LogP contribution in [0.5, 0.6) is 0 Å². The molecular weight excluding hydrogens is 300 g/mol. The second kappa shape index (κ2) is 3.61. The first-order valence-corrected chi connectivity index (χ1v) is 7.49. The Morgan fingerprint density at radius 1 is 1.29 bits per heavy atom. The molecule has 3 aliphatic carbocycles. The molecular formula is C13H14BrClN2. The molecule has 3 fully saturated rings. The first-order chi connectivity index (χ1) is 8.24. The van der Waals surface area contributed by atoms with Gasteiger partial charge in [-0.15, -0.1) is 0 Å². The van der Waals surface area contributed by atoms with E-state index in [1.54, 1.807) is 6.20 Å². The van der Waals surface area contributed by atoms with Crippen molar-refractivity contribution in [3.8, 4) is 0 Å². The number of pyridine rings is 1. The van der Waals surface area contributed by atoms with Crippen molar-refractivity contribution in [1.82, 2.24) is 4.98 Å². The molecule has 0 aromatic carbocycles. The van der Waals surface area contributed by atoms with Crippen LogP contribution in [0.2, 0.25) is 5.02 Å². The van der Waals surface area contributed by atoms with Gasteiger partial charge in [-0.05, 0) is 64.9 Å². The van der Waals surface area contributed by atoms with Gasteiger partial charge in [-0.25, -0.2) is 4.98 Å². The second-order valence-electron chi connectivity index (χ2n) is 5.64. The Bertz CT molecular complexity index is 462. The normalized spacial score (nSPS) is 41.4. The maximum absolute atomic E-state index is 5.90. The molecule has 90 valence electrons. The fraction of sp³-hybridized carbons (Fsp3) is 0.615. The monoisotopic (exact) mass is 312 g/mol. The van der Waals surface area contributed by atoms with Crippen molar-refractivity contribution in [3.05, 3.63) is 21.8 Å². The summed E-state index contributed by atoms with van der Waals surface area (Å²) in [5, 5.41) is 4.28. The Morgan fingerprint density at radius 3 is 2.65 bits per heavy atom. The molecule has 4 rings (SSSR count). The largest absolute Gasteiger partial charge is 0.366 e. The number of fused-ring (bicyclic) bond motifs is 5. The van der Waals surface area contributed by atoms with Crippen molar-refractivity contribution in [2.75, 3.05) is 5.32 Å². The maximum atomic E-state index is 5.90. The molecule has 1 aromatic heterocycles. The summed E-state index contributed by atoms with van der Waals surface area (Å²) < 4.78 is 0.974. The fourth-order valence-corrected chi connectivity index (χ4v) is 4.95. The van der Waals surface area contributed by atoms with Crippen LogP contribution in [0, 0.1) is 23.7 Å². The average Bonchev–Trinajstić information content (AvgIpc) is 2.70. The van der Waals surface area contributed by atoms with Gasteiger partial charge in [0, 0.05) is 12.2 Å². The Kier molecular flexibility index (Phi) is 2.26. The van der Waals surface area contributed by atoms with E-state index >= 15 is 0 Å². The molecule has 4 atom stereocenters. The molecule has 4 unspecified atom stereocenters. The predicted molar refractivity (Wildman–Crippen MR) is 72.2 cm³/mol. The predicted octanol–water partition coefficient (Wildman–Crippen LogP) is 3.95. The third-order valence-corrected chi connectivity index (χ3v) is 5.66. The lowest BCUT2D eigenvalue weighted by molar-refractivity contribution is 0.456. The minimum atomic E-state index is 0.672. The maximum Gasteiger partial charge on any atom is 0.140 e. The van der Waals surface area contributed by atoms with E-state index in [1.807, 2.05) is 6.07 Å². The molecule has 0 radical (unpaired) electrons. The number of nitrogens with one attached hydrogen (secondary N) is 1. The SMILES string of the molecule is Clc1cnc(NC2C3C4CCC(C4)C23)c(Br)c1. The summed E-state index contributed by atoms with van der Waals surface area (Å²) in [4.78, 5) is 4.37. The van der Waals surface area contributed by atoms with Gasteiger partial charge in [0.1, 0.15) is 5.82 Å². The number of halogens is 2. The van der Waals surface area contributed by atoms with Crippen LogP contribution in [-0.2, 0) is 0 Å². The zero-order valence-electron chi connectivity index (χ0n) is 9.37. The molecule has 1 aromatic rings. The quantitative estimate of drug-likeness (QED) is 0.894. The van der Waals surface area contributed by atoms with E-state index in [4.69, 9.17) is 11.6 Å². The molecule has 0 saturated heterocycles. The summed E-state index contributed by atoms with van der Waals surface area (Å²) in [6.45, 7) is 0. The Labute approximate surface area is 114 Å². The van der Waals surface area contributed by atoms with Crippen LogP contribution in [0.15, 0.2) is 16.7 Å². The molecule has 1 heterocycles. The van der Waals surface area contributed by atoms with Crippen LogP contribution >= 0.6 is 27.5 Å². The van der Waals surface area contributed by atoms with E-state index in [9.17, 15) is 0 Å². The van der Waals surface area contributed by atoms with E-state index in [2.05, 4.69) is 26.2 Å². The minimum Gasteiger partial charge on any atom is -0.366 e. The Morgan fingerprint density at radius 2 is 2.00 bits per heavy atom. The number of hydrogen-bond acceptors (Lipinski definition) is 2. The number of nitrogens with zero attached hydrogens (tertiary/aromatic N) is 1. The van der Waals surface area contributed by atoms with Gasteiger partial charge in [0.25, 0.3) is 0 Å². The van der Waals surface area contributed by atoms with Crippen LogP contribution in [0.3, 0.4) is 0 Å². The van der Waals surface area contributed by atoms with E-state index in [0.29, 0.717) is 11.1 Å². The molecule has 0 amide bonds. The molecule has 2 nitrogen and oxygen atoms in total. The molecule has 3 aliphatic rings. The molecule has 0 aliphatic heterocycles. The van der Waals surface area contributed by atoms with Gasteiger partial charge in [0.2, 0.25) is 0 Å². The lowest BCUT2D eigenvalue weighted by Crippen LogP contribution is -2.13. The van der Waals surface area contributed by atoms with Gasteiger partial charge in [-0.3, -0.25) is 0 Å². The highest BCUT2D eigenvalue weighted by Gasteiger charge is 2.65. The van der Waals surface area contributed by atoms with Crippen LogP contribution in [0.4, 0.5) is 5.82 Å². The summed E-state index contributed by atoms with van der Waals surface area (Å²) in [6.07, 6.45) is 6.11. The third-order valence-electron chi connectivity index (χ3n) is 4.85. The lowest BCUT2D eigenvalue weighted by Gasteiger charge is -2.12. The molecule has 1 N–H and O–H groups in total. The minimum absolute atomic E-state index is 0.672. The van der Waals surface area contributed by atoms with Crippen molar-refractivity contribution in [2.45, 2.75) is 25.3 Å². The number of rotatable bonds is 2. The number of aromatic nitrogens is 1. The van der Waals surface area contributed by atoms with Gasteiger partial charge >= 0.3 is 0 Å². The molecule has 0 spiro atoms. The van der Waals surface area contributed by atoms with Crippen molar-refractivity contribution < 1.29 is 0 Å². The highest BCUT2D eigenvalue weighted by molar-refractivity contribution is 9.10. The average molecular weight is 314 g/mol. The van der Waals surface area contributed by atoms with Crippen LogP contribution in [0.1, 0.15) is 19.3 Å². The summed E-state index contributed by atoms with van der Waals surface area (Å²) >= 11 is 9.42. The van der Waals surface area contributed by atoms with Gasteiger partial charge in [0.05, 0.1) is 9.50 Å². The van der Waals surface area contributed by atoms with Gasteiger partial charge in [-0.1, -0.05) is 11.6 Å². The van der Waals surface area contributed by atoms with Crippen LogP contribution in [-0.4, -0.2) is 11.0 Å². The number of anilines is 1. The van der Waals surface area contributed by atoms with E-state index in [0.717, 1.165) is 34.0 Å². The molecule has 3 saturated carbocycles. The van der Waals surface area contributed by atoms with Crippen LogP contribution in [0.25, 0.3) is 0 Å². The van der Waals surface area contributed by atoms with E-state index in [-0.39, 0.29) is 0 Å². The Balaban J connectivity index is 1.52. The summed E-state index contributed by atoms with van der Waals surface area (Å²) in [7, 11) is 0. The summed E-state index contributed by atoms with van der Waals surface area (Å²) in [5.74, 6) is 4.80. The fourth-order valence-electron chi connectivity index (χ4n) is 4.20. The number of hydrogen-bond donors (Lipinski definition) is 1. The molecule has 17 heavy (non-hydrogen) atoms. The second-order valence-corrected chi connectivity index (χ2v) is 6.93. The highest BCUT2D eigenvalue weighted by Crippen LogP contribution is 2.66. The topological polar surface area (TPSA) is 24.9 Å². The van der Waals surface area contributed by atoms with E-state index in [1.165, 1.54) is 19.3 Å². The highest BCUT2D eigenvalue weighted by atomic mass is 79.9. The third kappa shape index (κ3) is 1.55. The first kappa shape index (κ1) is 10.6. The van der Waals surface area contributed by atoms with Gasteiger partial charge in [0.15, 0.2) is 0 Å². The van der Waals surface area contributed by atoms with Crippen molar-refractivity contribution in [2.24, 2.45) is 23.7 Å². The van der Waals surface area contributed by atoms with Crippen LogP contribution < -0.4 is 5.32 Å². The van der Waals surface area contributed by atoms with Crippen molar-refractivity contribution >= 4 is 33.3 Å². The molecule has 2 bridgehead atoms. The zero-order chi connectivity index (χ0) is 11.6. The summed E-state index contributed by atoms with van der Waals surface area (Å²) in [6, 6.07) is 2.58. The molecule has 4 heteroatoms.